The summed E-state index contributed by atoms with van der Waals surface area (Å²) >= 11 is 0. The standard InChI is InChI=1S/C18H18N4O2/c19-18(24)22-14-7-5-12(6-8-14)17(23)20-10-9-13-11-21-16-4-2-1-3-15(13)16/h1-8,11,21H,9-10H2,(H,20,23)(H3,19,22,24). The van der Waals surface area contributed by atoms with Crippen molar-refractivity contribution in [1.29, 1.82) is 0 Å². The Morgan fingerprint density at radius 1 is 1.04 bits per heavy atom. The number of urea groups is 1. The molecule has 3 amide bonds. The Morgan fingerprint density at radius 3 is 2.54 bits per heavy atom. The Balaban J connectivity index is 1.56. The largest absolute Gasteiger partial charge is 0.361 e. The fourth-order valence-electron chi connectivity index (χ4n) is 2.60. The van der Waals surface area contributed by atoms with Gasteiger partial charge in [-0.15, -0.1) is 0 Å². The predicted octanol–water partition coefficient (Wildman–Crippen LogP) is 2.63. The minimum atomic E-state index is -0.633. The van der Waals surface area contributed by atoms with Crippen molar-refractivity contribution in [2.75, 3.05) is 11.9 Å². The summed E-state index contributed by atoms with van der Waals surface area (Å²) in [5, 5.41) is 6.53. The molecule has 0 atom stereocenters. The van der Waals surface area contributed by atoms with Crippen molar-refractivity contribution in [3.8, 4) is 0 Å². The highest BCUT2D eigenvalue weighted by molar-refractivity contribution is 5.95. The van der Waals surface area contributed by atoms with E-state index in [1.54, 1.807) is 24.3 Å². The third-order valence-corrected chi connectivity index (χ3v) is 3.77. The molecule has 122 valence electrons. The number of aromatic nitrogens is 1. The van der Waals surface area contributed by atoms with E-state index in [1.165, 1.54) is 10.9 Å². The second-order valence-corrected chi connectivity index (χ2v) is 5.43. The summed E-state index contributed by atoms with van der Waals surface area (Å²) in [6.07, 6.45) is 2.72. The maximum atomic E-state index is 12.1. The molecule has 0 spiro atoms. The number of carbonyl (C=O) groups excluding carboxylic acids is 2. The minimum Gasteiger partial charge on any atom is -0.361 e. The van der Waals surface area contributed by atoms with E-state index in [0.717, 1.165) is 11.9 Å². The first-order valence-corrected chi connectivity index (χ1v) is 7.63. The van der Waals surface area contributed by atoms with Crippen molar-refractivity contribution in [1.82, 2.24) is 10.3 Å². The number of nitrogens with one attached hydrogen (secondary N) is 3. The van der Waals surface area contributed by atoms with Gasteiger partial charge in [0.15, 0.2) is 0 Å². The smallest absolute Gasteiger partial charge is 0.316 e. The van der Waals surface area contributed by atoms with Gasteiger partial charge in [0, 0.05) is 34.9 Å². The minimum absolute atomic E-state index is 0.152. The molecule has 3 rings (SSSR count). The zero-order valence-corrected chi connectivity index (χ0v) is 13.0. The summed E-state index contributed by atoms with van der Waals surface area (Å²) in [4.78, 5) is 26.1. The summed E-state index contributed by atoms with van der Waals surface area (Å²) in [5.74, 6) is -0.152. The van der Waals surface area contributed by atoms with Crippen molar-refractivity contribution >= 4 is 28.5 Å². The molecule has 5 N–H and O–H groups in total. The average Bonchev–Trinajstić information content (AvgIpc) is 2.98. The maximum absolute atomic E-state index is 12.1. The van der Waals surface area contributed by atoms with Gasteiger partial charge in [0.1, 0.15) is 0 Å². The number of rotatable bonds is 5. The van der Waals surface area contributed by atoms with E-state index in [-0.39, 0.29) is 5.91 Å². The second kappa shape index (κ2) is 6.87. The molecule has 3 aromatic rings. The fourth-order valence-corrected chi connectivity index (χ4v) is 2.60. The molecule has 0 aliphatic heterocycles. The van der Waals surface area contributed by atoms with Gasteiger partial charge in [-0.2, -0.15) is 0 Å². The first kappa shape index (κ1) is 15.6. The fraction of sp³-hybridized carbons (Fsp3) is 0.111. The lowest BCUT2D eigenvalue weighted by Crippen LogP contribution is -2.25. The van der Waals surface area contributed by atoms with Crippen LogP contribution in [0.15, 0.2) is 54.7 Å². The van der Waals surface area contributed by atoms with Crippen LogP contribution in [0.5, 0.6) is 0 Å². The van der Waals surface area contributed by atoms with Crippen LogP contribution in [0.2, 0.25) is 0 Å². The number of nitrogens with two attached hydrogens (primary N) is 1. The van der Waals surface area contributed by atoms with Crippen LogP contribution in [0, 0.1) is 0 Å². The molecular weight excluding hydrogens is 304 g/mol. The molecular formula is C18H18N4O2. The normalized spacial score (nSPS) is 10.5. The van der Waals surface area contributed by atoms with Crippen LogP contribution < -0.4 is 16.4 Å². The Labute approximate surface area is 139 Å². The Bertz CT molecular complexity index is 868. The predicted molar refractivity (Wildman–Crippen MR) is 94.0 cm³/mol. The van der Waals surface area contributed by atoms with Crippen molar-refractivity contribution < 1.29 is 9.59 Å². The number of anilines is 1. The van der Waals surface area contributed by atoms with Gasteiger partial charge in [0.2, 0.25) is 0 Å². The van der Waals surface area contributed by atoms with E-state index >= 15 is 0 Å². The number of hydrogen-bond acceptors (Lipinski definition) is 2. The van der Waals surface area contributed by atoms with E-state index in [0.29, 0.717) is 17.8 Å². The van der Waals surface area contributed by atoms with Crippen molar-refractivity contribution in [2.45, 2.75) is 6.42 Å². The van der Waals surface area contributed by atoms with Crippen LogP contribution in [-0.4, -0.2) is 23.5 Å². The number of para-hydroxylation sites is 1. The van der Waals surface area contributed by atoms with Crippen molar-refractivity contribution in [3.05, 3.63) is 65.9 Å². The molecule has 0 aliphatic rings. The first-order chi connectivity index (χ1) is 11.6. The molecule has 0 aliphatic carbocycles. The lowest BCUT2D eigenvalue weighted by molar-refractivity contribution is 0.0954. The van der Waals surface area contributed by atoms with Gasteiger partial charge in [0.25, 0.3) is 5.91 Å². The molecule has 6 nitrogen and oxygen atoms in total. The number of amides is 3. The summed E-state index contributed by atoms with van der Waals surface area (Å²) in [6.45, 7) is 0.544. The highest BCUT2D eigenvalue weighted by Gasteiger charge is 2.07. The number of hydrogen-bond donors (Lipinski definition) is 4. The van der Waals surface area contributed by atoms with E-state index in [9.17, 15) is 9.59 Å². The number of aromatic amines is 1. The monoisotopic (exact) mass is 322 g/mol. The number of primary amides is 1. The molecule has 2 aromatic carbocycles. The molecule has 24 heavy (non-hydrogen) atoms. The van der Waals surface area contributed by atoms with Crippen molar-refractivity contribution in [2.24, 2.45) is 5.73 Å². The molecule has 0 bridgehead atoms. The SMILES string of the molecule is NC(=O)Nc1ccc(C(=O)NCCc2c[nH]c3ccccc23)cc1. The molecule has 0 saturated heterocycles. The Hall–Kier alpha value is -3.28. The molecule has 0 unspecified atom stereocenters. The third kappa shape index (κ3) is 3.55. The van der Waals surface area contributed by atoms with Gasteiger partial charge in [-0.25, -0.2) is 4.79 Å². The summed E-state index contributed by atoms with van der Waals surface area (Å²) in [7, 11) is 0. The van der Waals surface area contributed by atoms with Gasteiger partial charge >= 0.3 is 6.03 Å². The maximum Gasteiger partial charge on any atom is 0.316 e. The van der Waals surface area contributed by atoms with Gasteiger partial charge in [-0.05, 0) is 42.3 Å². The van der Waals surface area contributed by atoms with Crippen LogP contribution in [0.1, 0.15) is 15.9 Å². The second-order valence-electron chi connectivity index (χ2n) is 5.43. The van der Waals surface area contributed by atoms with Crippen LogP contribution in [0.25, 0.3) is 10.9 Å². The Kier molecular flexibility index (Phi) is 4.47. The van der Waals surface area contributed by atoms with Crippen LogP contribution in [0.4, 0.5) is 10.5 Å². The van der Waals surface area contributed by atoms with Gasteiger partial charge in [-0.1, -0.05) is 18.2 Å². The zero-order valence-electron chi connectivity index (χ0n) is 13.0. The van der Waals surface area contributed by atoms with E-state index in [1.807, 2.05) is 24.4 Å². The highest BCUT2D eigenvalue weighted by Crippen LogP contribution is 2.17. The molecule has 0 fully saturated rings. The number of H-pyrrole nitrogens is 1. The van der Waals surface area contributed by atoms with E-state index in [4.69, 9.17) is 5.73 Å². The molecule has 0 saturated carbocycles. The lowest BCUT2D eigenvalue weighted by Gasteiger charge is -2.06. The molecule has 1 heterocycles. The highest BCUT2D eigenvalue weighted by atomic mass is 16.2. The summed E-state index contributed by atoms with van der Waals surface area (Å²) in [5.41, 5.74) is 8.39. The summed E-state index contributed by atoms with van der Waals surface area (Å²) < 4.78 is 0. The van der Waals surface area contributed by atoms with Crippen LogP contribution in [0.3, 0.4) is 0 Å². The van der Waals surface area contributed by atoms with E-state index in [2.05, 4.69) is 21.7 Å². The number of carbonyl (C=O) groups is 2. The van der Waals surface area contributed by atoms with Gasteiger partial charge in [-0.3, -0.25) is 4.79 Å². The first-order valence-electron chi connectivity index (χ1n) is 7.63. The van der Waals surface area contributed by atoms with Gasteiger partial charge < -0.3 is 21.4 Å². The van der Waals surface area contributed by atoms with Crippen molar-refractivity contribution in [3.63, 3.8) is 0 Å². The quantitative estimate of drug-likeness (QED) is 0.580. The van der Waals surface area contributed by atoms with Crippen LogP contribution in [-0.2, 0) is 6.42 Å². The number of benzene rings is 2. The van der Waals surface area contributed by atoms with Gasteiger partial charge in [0.05, 0.1) is 0 Å². The van der Waals surface area contributed by atoms with Crippen LogP contribution >= 0.6 is 0 Å². The van der Waals surface area contributed by atoms with E-state index < -0.39 is 6.03 Å². The number of fused-ring (bicyclic) bond motifs is 1. The topological polar surface area (TPSA) is 100 Å². The lowest BCUT2D eigenvalue weighted by atomic mass is 10.1. The summed E-state index contributed by atoms with van der Waals surface area (Å²) in [6, 6.07) is 14.0. The molecule has 0 radical (unpaired) electrons. The zero-order chi connectivity index (χ0) is 16.9. The molecule has 6 heteroatoms. The Morgan fingerprint density at radius 2 is 1.79 bits per heavy atom. The third-order valence-electron chi connectivity index (χ3n) is 3.77. The average molecular weight is 322 g/mol. The molecule has 1 aromatic heterocycles.